The van der Waals surface area contributed by atoms with Gasteiger partial charge >= 0.3 is 21.7 Å². The van der Waals surface area contributed by atoms with Crippen molar-refractivity contribution >= 4 is 21.9 Å². The van der Waals surface area contributed by atoms with Gasteiger partial charge in [0.05, 0.1) is 18.1 Å². The van der Waals surface area contributed by atoms with E-state index >= 15 is 0 Å². The molecule has 1 aliphatic heterocycles. The van der Waals surface area contributed by atoms with Gasteiger partial charge < -0.3 is 18.7 Å². The third-order valence-electron chi connectivity index (χ3n) is 3.70. The maximum Gasteiger partial charge on any atom is 0.534 e. The number of pyridine rings is 1. The highest BCUT2D eigenvalue weighted by atomic mass is 32.2. The average molecular weight is 425 g/mol. The van der Waals surface area contributed by atoms with E-state index < -0.39 is 33.1 Å². The lowest BCUT2D eigenvalue weighted by atomic mass is 10.2. The van der Waals surface area contributed by atoms with Gasteiger partial charge in [0.25, 0.3) is 0 Å². The summed E-state index contributed by atoms with van der Waals surface area (Å²) in [4.78, 5) is 19.3. The van der Waals surface area contributed by atoms with Crippen LogP contribution in [0, 0.1) is 0 Å². The van der Waals surface area contributed by atoms with Crippen LogP contribution in [0.5, 0.6) is 5.75 Å². The maximum absolute atomic E-state index is 12.5. The number of rotatable bonds is 3. The zero-order valence-electron chi connectivity index (χ0n) is 15.7. The highest BCUT2D eigenvalue weighted by Gasteiger charge is 2.48. The Bertz CT molecular complexity index is 808. The molecule has 0 bridgehead atoms. The molecular weight excluding hydrogens is 403 g/mol. The largest absolute Gasteiger partial charge is 0.534 e. The molecule has 0 atom stereocenters. The fourth-order valence-electron chi connectivity index (χ4n) is 2.48. The number of carbonyl (C=O) groups is 1. The van der Waals surface area contributed by atoms with E-state index in [1.807, 2.05) is 0 Å². The van der Waals surface area contributed by atoms with Gasteiger partial charge in [-0.15, -0.1) is 0 Å². The van der Waals surface area contributed by atoms with Crippen molar-refractivity contribution in [3.05, 3.63) is 18.5 Å². The Morgan fingerprint density at radius 3 is 2.39 bits per heavy atom. The first-order valence-corrected chi connectivity index (χ1v) is 9.88. The van der Waals surface area contributed by atoms with Gasteiger partial charge in [-0.05, 0) is 27.2 Å². The molecule has 12 heteroatoms. The lowest BCUT2D eigenvalue weighted by Gasteiger charge is -2.27. The minimum atomic E-state index is -5.77. The van der Waals surface area contributed by atoms with Crippen LogP contribution in [0.3, 0.4) is 0 Å². The second-order valence-electron chi connectivity index (χ2n) is 7.17. The number of hydrogen-bond donors (Lipinski definition) is 0. The number of amides is 1. The van der Waals surface area contributed by atoms with Crippen LogP contribution in [-0.2, 0) is 14.9 Å². The number of carbonyl (C=O) groups excluding carboxylic acids is 1. The summed E-state index contributed by atoms with van der Waals surface area (Å²) in [6.07, 6.45) is 2.42. The molecule has 158 valence electrons. The summed E-state index contributed by atoms with van der Waals surface area (Å²) in [7, 11) is -5.77. The molecule has 0 spiro atoms. The van der Waals surface area contributed by atoms with Gasteiger partial charge in [-0.3, -0.25) is 4.98 Å². The lowest BCUT2D eigenvalue weighted by Crippen LogP contribution is -2.39. The molecule has 1 saturated heterocycles. The number of anilines is 1. The molecule has 0 aromatic carbocycles. The topological polar surface area (TPSA) is 89.0 Å². The van der Waals surface area contributed by atoms with Crippen molar-refractivity contribution in [2.24, 2.45) is 0 Å². The molecule has 1 amide bonds. The van der Waals surface area contributed by atoms with Crippen molar-refractivity contribution in [3.63, 3.8) is 0 Å². The predicted octanol–water partition coefficient (Wildman–Crippen LogP) is 2.76. The number of halogens is 3. The van der Waals surface area contributed by atoms with Crippen molar-refractivity contribution < 1.29 is 35.3 Å². The normalized spacial score (nSPS) is 16.5. The Kier molecular flexibility index (Phi) is 6.31. The highest BCUT2D eigenvalue weighted by Crippen LogP contribution is 2.28. The van der Waals surface area contributed by atoms with Gasteiger partial charge in [-0.2, -0.15) is 21.6 Å². The summed E-state index contributed by atoms with van der Waals surface area (Å²) in [5.74, 6) is -0.539. The fraction of sp³-hybridized carbons (Fsp3) is 0.625. The highest BCUT2D eigenvalue weighted by molar-refractivity contribution is 7.88. The summed E-state index contributed by atoms with van der Waals surface area (Å²) in [5, 5.41) is 0. The van der Waals surface area contributed by atoms with Crippen LogP contribution in [-0.4, -0.2) is 61.7 Å². The number of ether oxygens (including phenoxy) is 1. The molecule has 0 aliphatic carbocycles. The number of aromatic nitrogens is 1. The van der Waals surface area contributed by atoms with Crippen LogP contribution in [0.25, 0.3) is 0 Å². The van der Waals surface area contributed by atoms with E-state index in [9.17, 15) is 26.4 Å². The van der Waals surface area contributed by atoms with Gasteiger partial charge in [0.15, 0.2) is 5.75 Å². The number of hydrogen-bond acceptors (Lipinski definition) is 7. The van der Waals surface area contributed by atoms with Crippen LogP contribution >= 0.6 is 0 Å². The third kappa shape index (κ3) is 5.88. The minimum absolute atomic E-state index is 0.334. The van der Waals surface area contributed by atoms with Crippen LogP contribution in [0.2, 0.25) is 0 Å². The van der Waals surface area contributed by atoms with E-state index in [0.717, 1.165) is 6.20 Å². The van der Waals surface area contributed by atoms with Crippen molar-refractivity contribution in [2.75, 3.05) is 31.1 Å². The van der Waals surface area contributed by atoms with Crippen LogP contribution in [0.4, 0.5) is 23.7 Å². The summed E-state index contributed by atoms with van der Waals surface area (Å²) < 4.78 is 69.2. The number of nitrogens with zero attached hydrogens (tertiary/aromatic N) is 3. The summed E-state index contributed by atoms with van der Waals surface area (Å²) in [6.45, 7) is 6.95. The SMILES string of the molecule is CC(C)(C)OC(=O)N1CCCN(c2cncc(OS(=O)(=O)C(F)(F)F)c2)CC1. The van der Waals surface area contributed by atoms with E-state index in [2.05, 4.69) is 9.17 Å². The first-order chi connectivity index (χ1) is 12.8. The standard InChI is InChI=1S/C16H22F3N3O5S/c1-15(2,3)26-14(23)22-6-4-5-21(7-8-22)12-9-13(11-20-10-12)27-28(24,25)16(17,18)19/h9-11H,4-8H2,1-3H3. The van der Waals surface area contributed by atoms with Crippen molar-refractivity contribution in [2.45, 2.75) is 38.3 Å². The molecule has 2 heterocycles. The van der Waals surface area contributed by atoms with Crippen molar-refractivity contribution in [1.29, 1.82) is 0 Å². The summed E-state index contributed by atoms with van der Waals surface area (Å²) in [6, 6.07) is 1.17. The Labute approximate surface area is 161 Å². The van der Waals surface area contributed by atoms with Gasteiger partial charge in [0.1, 0.15) is 5.60 Å². The van der Waals surface area contributed by atoms with E-state index in [-0.39, 0.29) is 0 Å². The molecule has 1 aromatic heterocycles. The monoisotopic (exact) mass is 425 g/mol. The molecule has 1 aromatic rings. The molecule has 0 N–H and O–H groups in total. The van der Waals surface area contributed by atoms with Crippen LogP contribution in [0.15, 0.2) is 18.5 Å². The van der Waals surface area contributed by atoms with E-state index in [1.54, 1.807) is 30.6 Å². The molecule has 0 unspecified atom stereocenters. The molecule has 28 heavy (non-hydrogen) atoms. The smallest absolute Gasteiger partial charge is 0.444 e. The fourth-order valence-corrected chi connectivity index (χ4v) is 2.92. The first kappa shape index (κ1) is 22.1. The second-order valence-corrected chi connectivity index (χ2v) is 8.71. The lowest BCUT2D eigenvalue weighted by molar-refractivity contribution is -0.0500. The van der Waals surface area contributed by atoms with E-state index in [0.29, 0.717) is 38.3 Å². The van der Waals surface area contributed by atoms with Crippen LogP contribution in [0.1, 0.15) is 27.2 Å². The quantitative estimate of drug-likeness (QED) is 0.543. The second kappa shape index (κ2) is 8.02. The molecule has 8 nitrogen and oxygen atoms in total. The van der Waals surface area contributed by atoms with E-state index in [1.165, 1.54) is 12.3 Å². The van der Waals surface area contributed by atoms with Crippen LogP contribution < -0.4 is 9.08 Å². The molecule has 1 aliphatic rings. The average Bonchev–Trinajstić information content (AvgIpc) is 2.78. The Hall–Kier alpha value is -2.24. The summed E-state index contributed by atoms with van der Waals surface area (Å²) in [5.41, 5.74) is -5.76. The Morgan fingerprint density at radius 2 is 1.79 bits per heavy atom. The zero-order chi connectivity index (χ0) is 21.2. The van der Waals surface area contributed by atoms with Gasteiger partial charge in [-0.25, -0.2) is 4.79 Å². The van der Waals surface area contributed by atoms with Gasteiger partial charge in [0.2, 0.25) is 0 Å². The van der Waals surface area contributed by atoms with Gasteiger partial charge in [-0.1, -0.05) is 0 Å². The van der Waals surface area contributed by atoms with Crippen molar-refractivity contribution in [3.8, 4) is 5.75 Å². The third-order valence-corrected chi connectivity index (χ3v) is 4.68. The molecule has 0 radical (unpaired) electrons. The molecular formula is C16H22F3N3O5S. The van der Waals surface area contributed by atoms with Gasteiger partial charge in [0, 0.05) is 32.2 Å². The van der Waals surface area contributed by atoms with E-state index in [4.69, 9.17) is 4.74 Å². The predicted molar refractivity (Wildman–Crippen MR) is 94.5 cm³/mol. The molecule has 2 rings (SSSR count). The zero-order valence-corrected chi connectivity index (χ0v) is 16.5. The molecule has 0 saturated carbocycles. The Morgan fingerprint density at radius 1 is 1.11 bits per heavy atom. The number of alkyl halides is 3. The maximum atomic E-state index is 12.5. The Balaban J connectivity index is 2.08. The molecule has 1 fully saturated rings. The summed E-state index contributed by atoms with van der Waals surface area (Å²) >= 11 is 0. The van der Waals surface area contributed by atoms with Crippen molar-refractivity contribution in [1.82, 2.24) is 9.88 Å². The first-order valence-electron chi connectivity index (χ1n) is 8.47. The minimum Gasteiger partial charge on any atom is -0.444 e.